The Labute approximate surface area is 108 Å². The summed E-state index contributed by atoms with van der Waals surface area (Å²) in [7, 11) is 0. The molecule has 1 atom stereocenters. The Morgan fingerprint density at radius 3 is 3.00 bits per heavy atom. The third-order valence-corrected chi connectivity index (χ3v) is 3.14. The van der Waals surface area contributed by atoms with Gasteiger partial charge in [-0.25, -0.2) is 0 Å². The van der Waals surface area contributed by atoms with Gasteiger partial charge in [-0.3, -0.25) is 9.78 Å². The van der Waals surface area contributed by atoms with Crippen LogP contribution in [0.15, 0.2) is 24.4 Å². The van der Waals surface area contributed by atoms with Crippen molar-refractivity contribution in [2.45, 2.75) is 45.3 Å². The van der Waals surface area contributed by atoms with Crippen LogP contribution in [0.1, 0.15) is 32.4 Å². The molecule has 1 aliphatic heterocycles. The van der Waals surface area contributed by atoms with E-state index in [4.69, 9.17) is 0 Å². The summed E-state index contributed by atoms with van der Waals surface area (Å²) < 4.78 is 0. The van der Waals surface area contributed by atoms with Crippen LogP contribution in [0.4, 0.5) is 0 Å². The minimum Gasteiger partial charge on any atom is -0.335 e. The lowest BCUT2D eigenvalue weighted by Crippen LogP contribution is -2.52. The molecule has 0 spiro atoms. The van der Waals surface area contributed by atoms with Crippen LogP contribution in [0, 0.1) is 0 Å². The van der Waals surface area contributed by atoms with E-state index in [1.807, 2.05) is 23.1 Å². The number of amides is 1. The van der Waals surface area contributed by atoms with Crippen LogP contribution in [0.2, 0.25) is 0 Å². The Balaban J connectivity index is 1.98. The molecule has 2 rings (SSSR count). The van der Waals surface area contributed by atoms with Crippen molar-refractivity contribution in [1.29, 1.82) is 0 Å². The predicted molar refractivity (Wildman–Crippen MR) is 70.9 cm³/mol. The van der Waals surface area contributed by atoms with Gasteiger partial charge in [-0.2, -0.15) is 0 Å². The average molecular weight is 247 g/mol. The minimum absolute atomic E-state index is 0.0255. The number of hydrogen-bond acceptors (Lipinski definition) is 3. The molecular formula is C14H21N3O. The Morgan fingerprint density at radius 1 is 1.50 bits per heavy atom. The Bertz CT molecular complexity index is 391. The molecule has 0 saturated carbocycles. The van der Waals surface area contributed by atoms with E-state index >= 15 is 0 Å². The van der Waals surface area contributed by atoms with E-state index in [9.17, 15) is 4.79 Å². The first-order valence-corrected chi connectivity index (χ1v) is 6.61. The van der Waals surface area contributed by atoms with E-state index in [0.29, 0.717) is 12.6 Å². The van der Waals surface area contributed by atoms with Crippen molar-refractivity contribution in [1.82, 2.24) is 15.2 Å². The fraction of sp³-hybridized carbons (Fsp3) is 0.571. The van der Waals surface area contributed by atoms with Gasteiger partial charge in [0.2, 0.25) is 5.91 Å². The second-order valence-corrected chi connectivity index (χ2v) is 5.10. The minimum atomic E-state index is -0.0255. The molecule has 4 heteroatoms. The third kappa shape index (κ3) is 3.29. The number of carbonyl (C=O) groups is 1. The van der Waals surface area contributed by atoms with Gasteiger partial charge in [-0.15, -0.1) is 0 Å². The Hall–Kier alpha value is -1.42. The number of likely N-dealkylation sites (tertiary alicyclic amines) is 1. The van der Waals surface area contributed by atoms with Crippen molar-refractivity contribution in [2.24, 2.45) is 0 Å². The Morgan fingerprint density at radius 2 is 2.33 bits per heavy atom. The molecule has 1 unspecified atom stereocenters. The quantitative estimate of drug-likeness (QED) is 0.878. The van der Waals surface area contributed by atoms with Gasteiger partial charge in [0.1, 0.15) is 0 Å². The van der Waals surface area contributed by atoms with Crippen molar-refractivity contribution in [3.63, 3.8) is 0 Å². The van der Waals surface area contributed by atoms with E-state index in [1.54, 1.807) is 6.20 Å². The van der Waals surface area contributed by atoms with Gasteiger partial charge >= 0.3 is 0 Å². The molecule has 0 aliphatic carbocycles. The highest BCUT2D eigenvalue weighted by molar-refractivity contribution is 5.82. The van der Waals surface area contributed by atoms with Gasteiger partial charge in [-0.1, -0.05) is 19.9 Å². The lowest BCUT2D eigenvalue weighted by Gasteiger charge is -2.33. The normalized spacial score (nSPS) is 20.5. The van der Waals surface area contributed by atoms with E-state index in [1.165, 1.54) is 0 Å². The molecule has 1 amide bonds. The van der Waals surface area contributed by atoms with E-state index in [0.717, 1.165) is 25.1 Å². The SMILES string of the molecule is CC(C)NC1CCCN(Cc2ccccn2)C1=O. The van der Waals surface area contributed by atoms with Gasteiger partial charge in [0, 0.05) is 18.8 Å². The molecule has 1 saturated heterocycles. The predicted octanol–water partition coefficient (Wildman–Crippen LogP) is 1.57. The molecule has 4 nitrogen and oxygen atoms in total. The van der Waals surface area contributed by atoms with E-state index in [2.05, 4.69) is 24.1 Å². The lowest BCUT2D eigenvalue weighted by atomic mass is 10.0. The van der Waals surface area contributed by atoms with Gasteiger partial charge in [0.15, 0.2) is 0 Å². The number of nitrogens with zero attached hydrogens (tertiary/aromatic N) is 2. The molecule has 1 N–H and O–H groups in total. The maximum absolute atomic E-state index is 12.3. The lowest BCUT2D eigenvalue weighted by molar-refractivity contribution is -0.136. The molecule has 0 bridgehead atoms. The fourth-order valence-corrected chi connectivity index (χ4v) is 2.34. The summed E-state index contributed by atoms with van der Waals surface area (Å²) in [5.41, 5.74) is 0.955. The maximum Gasteiger partial charge on any atom is 0.240 e. The topological polar surface area (TPSA) is 45.2 Å². The van der Waals surface area contributed by atoms with Gasteiger partial charge in [-0.05, 0) is 25.0 Å². The number of piperidine rings is 1. The zero-order valence-electron chi connectivity index (χ0n) is 11.1. The van der Waals surface area contributed by atoms with Crippen molar-refractivity contribution in [3.8, 4) is 0 Å². The summed E-state index contributed by atoms with van der Waals surface area (Å²) in [6.45, 7) is 5.61. The second kappa shape index (κ2) is 5.96. The molecule has 2 heterocycles. The van der Waals surface area contributed by atoms with Gasteiger partial charge < -0.3 is 10.2 Å². The number of pyridine rings is 1. The standard InChI is InChI=1S/C14H21N3O/c1-11(2)16-13-7-5-9-17(14(13)18)10-12-6-3-4-8-15-12/h3-4,6,8,11,13,16H,5,7,9-10H2,1-2H3. The van der Waals surface area contributed by atoms with Crippen LogP contribution in [0.5, 0.6) is 0 Å². The molecule has 1 fully saturated rings. The molecule has 1 aromatic heterocycles. The molecule has 1 aromatic rings. The second-order valence-electron chi connectivity index (χ2n) is 5.10. The summed E-state index contributed by atoms with van der Waals surface area (Å²) >= 11 is 0. The summed E-state index contributed by atoms with van der Waals surface area (Å²) in [5.74, 6) is 0.209. The highest BCUT2D eigenvalue weighted by Crippen LogP contribution is 2.14. The molecular weight excluding hydrogens is 226 g/mol. The van der Waals surface area contributed by atoms with E-state index < -0.39 is 0 Å². The van der Waals surface area contributed by atoms with E-state index in [-0.39, 0.29) is 11.9 Å². The molecule has 1 aliphatic rings. The zero-order chi connectivity index (χ0) is 13.0. The van der Waals surface area contributed by atoms with Gasteiger partial charge in [0.05, 0.1) is 18.3 Å². The smallest absolute Gasteiger partial charge is 0.240 e. The Kier molecular flexibility index (Phi) is 4.31. The zero-order valence-corrected chi connectivity index (χ0v) is 11.1. The number of rotatable bonds is 4. The number of aromatic nitrogens is 1. The average Bonchev–Trinajstić information content (AvgIpc) is 2.35. The molecule has 0 aromatic carbocycles. The molecule has 18 heavy (non-hydrogen) atoms. The first-order valence-electron chi connectivity index (χ1n) is 6.61. The highest BCUT2D eigenvalue weighted by Gasteiger charge is 2.28. The fourth-order valence-electron chi connectivity index (χ4n) is 2.34. The summed E-state index contributed by atoms with van der Waals surface area (Å²) in [5, 5.41) is 3.34. The maximum atomic E-state index is 12.3. The van der Waals surface area contributed by atoms with Crippen molar-refractivity contribution < 1.29 is 4.79 Å². The van der Waals surface area contributed by atoms with Crippen LogP contribution >= 0.6 is 0 Å². The van der Waals surface area contributed by atoms with Crippen LogP contribution < -0.4 is 5.32 Å². The number of carbonyl (C=O) groups excluding carboxylic acids is 1. The molecule has 0 radical (unpaired) electrons. The first-order chi connectivity index (χ1) is 8.66. The van der Waals surface area contributed by atoms with Crippen molar-refractivity contribution in [2.75, 3.05) is 6.54 Å². The van der Waals surface area contributed by atoms with Crippen LogP contribution in [0.25, 0.3) is 0 Å². The number of hydrogen-bond donors (Lipinski definition) is 1. The third-order valence-electron chi connectivity index (χ3n) is 3.14. The first kappa shape index (κ1) is 13.0. The monoisotopic (exact) mass is 247 g/mol. The summed E-state index contributed by atoms with van der Waals surface area (Å²) in [6.07, 6.45) is 3.77. The van der Waals surface area contributed by atoms with Crippen molar-refractivity contribution in [3.05, 3.63) is 30.1 Å². The van der Waals surface area contributed by atoms with Crippen LogP contribution in [0.3, 0.4) is 0 Å². The van der Waals surface area contributed by atoms with Gasteiger partial charge in [0.25, 0.3) is 0 Å². The van der Waals surface area contributed by atoms with Crippen molar-refractivity contribution >= 4 is 5.91 Å². The largest absolute Gasteiger partial charge is 0.335 e. The number of nitrogens with one attached hydrogen (secondary N) is 1. The summed E-state index contributed by atoms with van der Waals surface area (Å²) in [6, 6.07) is 6.13. The van der Waals surface area contributed by atoms with Crippen LogP contribution in [-0.4, -0.2) is 34.4 Å². The molecule has 98 valence electrons. The summed E-state index contributed by atoms with van der Waals surface area (Å²) in [4.78, 5) is 18.5. The highest BCUT2D eigenvalue weighted by atomic mass is 16.2. The van der Waals surface area contributed by atoms with Crippen LogP contribution in [-0.2, 0) is 11.3 Å².